The maximum absolute atomic E-state index is 13.5. The van der Waals surface area contributed by atoms with E-state index < -0.39 is 21.5 Å². The number of carbonyl (C=O) groups is 1. The van der Waals surface area contributed by atoms with Crippen LogP contribution in [0.3, 0.4) is 0 Å². The molecule has 1 atom stereocenters. The van der Waals surface area contributed by atoms with Crippen LogP contribution in [0.25, 0.3) is 5.69 Å². The van der Waals surface area contributed by atoms with Crippen LogP contribution in [0.15, 0.2) is 85.5 Å². The molecule has 0 fully saturated rings. The summed E-state index contributed by atoms with van der Waals surface area (Å²) in [6.07, 6.45) is 3.49. The molecule has 1 unspecified atom stereocenters. The van der Waals surface area contributed by atoms with Crippen LogP contribution in [0.1, 0.15) is 18.1 Å². The predicted molar refractivity (Wildman–Crippen MR) is 154 cm³/mol. The minimum Gasteiger partial charge on any atom is -0.493 e. The molecular weight excluding hydrogens is 546 g/mol. The normalized spacial score (nSPS) is 12.8. The highest BCUT2D eigenvalue weighted by Gasteiger charge is 2.38. The predicted octanol–water partition coefficient (Wildman–Crippen LogP) is 2.90. The largest absolute Gasteiger partial charge is 0.493 e. The molecule has 0 aliphatic carbocycles. The Kier molecular flexibility index (Phi) is 9.58. The van der Waals surface area contributed by atoms with Gasteiger partial charge in [-0.2, -0.15) is 9.82 Å². The van der Waals surface area contributed by atoms with E-state index in [1.54, 1.807) is 79.8 Å². The Hall–Kier alpha value is -4.42. The SMILES string of the molecule is COc1ccc(CCNC(=O)C(C)(COc2ccc(-n3cncn3)cc2)NS(=O)(=O)Cc2ccccc2)cc1OC. The molecule has 3 aromatic carbocycles. The summed E-state index contributed by atoms with van der Waals surface area (Å²) in [5.74, 6) is 0.842. The number of methoxy groups -OCH3 is 2. The second kappa shape index (κ2) is 13.3. The zero-order valence-electron chi connectivity index (χ0n) is 23.1. The van der Waals surface area contributed by atoms with Gasteiger partial charge in [0.1, 0.15) is 30.5 Å². The Morgan fingerprint density at radius 2 is 1.68 bits per heavy atom. The van der Waals surface area contributed by atoms with E-state index in [0.29, 0.717) is 29.2 Å². The van der Waals surface area contributed by atoms with E-state index in [4.69, 9.17) is 14.2 Å². The fourth-order valence-electron chi connectivity index (χ4n) is 4.13. The second-order valence-electron chi connectivity index (χ2n) is 9.50. The Morgan fingerprint density at radius 3 is 2.34 bits per heavy atom. The van der Waals surface area contributed by atoms with Crippen molar-refractivity contribution in [2.24, 2.45) is 0 Å². The second-order valence-corrected chi connectivity index (χ2v) is 11.2. The van der Waals surface area contributed by atoms with Gasteiger partial charge in [0.15, 0.2) is 11.5 Å². The third-order valence-corrected chi connectivity index (χ3v) is 7.75. The first-order valence-corrected chi connectivity index (χ1v) is 14.5. The van der Waals surface area contributed by atoms with Crippen molar-refractivity contribution in [3.8, 4) is 22.9 Å². The third kappa shape index (κ3) is 8.05. The standard InChI is InChI=1S/C29H33N5O6S/c1-29(33-41(36,37)18-23-7-5-4-6-8-23,19-40-25-12-10-24(11-13-25)34-21-30-20-32-34)28(35)31-16-15-22-9-14-26(38-2)27(17-22)39-3/h4-14,17,20-21,33H,15-16,18-19H2,1-3H3,(H,31,35). The van der Waals surface area contributed by atoms with Crippen molar-refractivity contribution < 1.29 is 27.4 Å². The average Bonchev–Trinajstić information content (AvgIpc) is 3.51. The molecule has 0 aliphatic rings. The first-order valence-electron chi connectivity index (χ1n) is 12.8. The first-order chi connectivity index (χ1) is 19.7. The van der Waals surface area contributed by atoms with Gasteiger partial charge in [-0.05, 0) is 60.9 Å². The number of nitrogens with one attached hydrogen (secondary N) is 2. The minimum absolute atomic E-state index is 0.244. The quantitative estimate of drug-likeness (QED) is 0.233. The van der Waals surface area contributed by atoms with Gasteiger partial charge in [-0.15, -0.1) is 0 Å². The lowest BCUT2D eigenvalue weighted by Crippen LogP contribution is -2.60. The minimum atomic E-state index is -3.91. The molecule has 0 aliphatic heterocycles. The summed E-state index contributed by atoms with van der Waals surface area (Å²) in [6, 6.07) is 21.2. The summed E-state index contributed by atoms with van der Waals surface area (Å²) in [7, 11) is -0.797. The highest BCUT2D eigenvalue weighted by atomic mass is 32.2. The lowest BCUT2D eigenvalue weighted by molar-refractivity contribution is -0.127. The molecule has 0 bridgehead atoms. The van der Waals surface area contributed by atoms with Crippen molar-refractivity contribution in [3.63, 3.8) is 0 Å². The molecule has 0 radical (unpaired) electrons. The third-order valence-electron chi connectivity index (χ3n) is 6.28. The molecule has 1 aromatic heterocycles. The maximum atomic E-state index is 13.5. The van der Waals surface area contributed by atoms with Gasteiger partial charge in [-0.1, -0.05) is 36.4 Å². The van der Waals surface area contributed by atoms with E-state index in [-0.39, 0.29) is 18.9 Å². The van der Waals surface area contributed by atoms with E-state index in [2.05, 4.69) is 20.1 Å². The van der Waals surface area contributed by atoms with Crippen LogP contribution >= 0.6 is 0 Å². The van der Waals surface area contributed by atoms with Crippen LogP contribution in [0.4, 0.5) is 0 Å². The lowest BCUT2D eigenvalue weighted by atomic mass is 10.0. The highest BCUT2D eigenvalue weighted by Crippen LogP contribution is 2.27. The Bertz CT molecular complexity index is 1530. The molecule has 4 rings (SSSR count). The number of hydrogen-bond donors (Lipinski definition) is 2. The number of benzene rings is 3. The van der Waals surface area contributed by atoms with Gasteiger partial charge in [0.25, 0.3) is 0 Å². The number of carbonyl (C=O) groups excluding carboxylic acids is 1. The van der Waals surface area contributed by atoms with Gasteiger partial charge < -0.3 is 19.5 Å². The molecular formula is C29H33N5O6S. The molecule has 0 saturated carbocycles. The number of ether oxygens (including phenoxy) is 3. The molecule has 216 valence electrons. The maximum Gasteiger partial charge on any atom is 0.244 e. The van der Waals surface area contributed by atoms with E-state index in [1.165, 1.54) is 13.3 Å². The summed E-state index contributed by atoms with van der Waals surface area (Å²) in [6.45, 7) is 1.52. The first kappa shape index (κ1) is 29.6. The Morgan fingerprint density at radius 1 is 0.951 bits per heavy atom. The van der Waals surface area contributed by atoms with Gasteiger partial charge in [0.05, 0.1) is 25.7 Å². The fraction of sp³-hybridized carbons (Fsp3) is 0.276. The van der Waals surface area contributed by atoms with Gasteiger partial charge >= 0.3 is 0 Å². The van der Waals surface area contributed by atoms with Crippen LogP contribution < -0.4 is 24.2 Å². The molecule has 4 aromatic rings. The smallest absolute Gasteiger partial charge is 0.244 e. The van der Waals surface area contributed by atoms with Crippen LogP contribution in [0, 0.1) is 0 Å². The summed E-state index contributed by atoms with van der Waals surface area (Å²) in [5.41, 5.74) is 0.684. The summed E-state index contributed by atoms with van der Waals surface area (Å²) < 4.78 is 47.0. The molecule has 11 nitrogen and oxygen atoms in total. The van der Waals surface area contributed by atoms with E-state index in [9.17, 15) is 13.2 Å². The number of hydrogen-bond acceptors (Lipinski definition) is 8. The topological polar surface area (TPSA) is 134 Å². The lowest BCUT2D eigenvalue weighted by Gasteiger charge is -2.29. The molecule has 12 heteroatoms. The van der Waals surface area contributed by atoms with Gasteiger partial charge in [0, 0.05) is 6.54 Å². The number of rotatable bonds is 14. The summed E-state index contributed by atoms with van der Waals surface area (Å²) in [5, 5.41) is 6.94. The average molecular weight is 580 g/mol. The fourth-order valence-corrected chi connectivity index (χ4v) is 5.67. The van der Waals surface area contributed by atoms with Crippen molar-refractivity contribution in [3.05, 3.63) is 96.6 Å². The molecule has 1 heterocycles. The van der Waals surface area contributed by atoms with Crippen molar-refractivity contribution in [1.82, 2.24) is 24.8 Å². The molecule has 2 N–H and O–H groups in total. The molecule has 41 heavy (non-hydrogen) atoms. The highest BCUT2D eigenvalue weighted by molar-refractivity contribution is 7.88. The molecule has 0 saturated heterocycles. The number of nitrogens with zero attached hydrogens (tertiary/aromatic N) is 3. The molecule has 0 spiro atoms. The monoisotopic (exact) mass is 579 g/mol. The van der Waals surface area contributed by atoms with Crippen molar-refractivity contribution in [2.75, 3.05) is 27.4 Å². The van der Waals surface area contributed by atoms with Crippen LogP contribution in [-0.4, -0.2) is 62.0 Å². The van der Waals surface area contributed by atoms with E-state index in [0.717, 1.165) is 11.3 Å². The summed E-state index contributed by atoms with van der Waals surface area (Å²) in [4.78, 5) is 17.4. The van der Waals surface area contributed by atoms with Gasteiger partial charge in [-0.25, -0.2) is 18.1 Å². The Balaban J connectivity index is 1.46. The zero-order valence-corrected chi connectivity index (χ0v) is 23.9. The summed E-state index contributed by atoms with van der Waals surface area (Å²) >= 11 is 0. The zero-order chi connectivity index (χ0) is 29.3. The molecule has 1 amide bonds. The number of amides is 1. The van der Waals surface area contributed by atoms with Crippen LogP contribution in [0.5, 0.6) is 17.2 Å². The van der Waals surface area contributed by atoms with Crippen molar-refractivity contribution in [2.45, 2.75) is 24.6 Å². The number of sulfonamides is 1. The number of aromatic nitrogens is 3. The van der Waals surface area contributed by atoms with E-state index >= 15 is 0 Å². The van der Waals surface area contributed by atoms with Crippen LogP contribution in [-0.2, 0) is 27.0 Å². The van der Waals surface area contributed by atoms with Gasteiger partial charge in [-0.3, -0.25) is 4.79 Å². The van der Waals surface area contributed by atoms with E-state index in [1.807, 2.05) is 18.2 Å². The van der Waals surface area contributed by atoms with Crippen molar-refractivity contribution in [1.29, 1.82) is 0 Å². The van der Waals surface area contributed by atoms with Crippen LogP contribution in [0.2, 0.25) is 0 Å². The van der Waals surface area contributed by atoms with Gasteiger partial charge in [0.2, 0.25) is 15.9 Å². The van der Waals surface area contributed by atoms with Crippen molar-refractivity contribution >= 4 is 15.9 Å². The Labute approximate surface area is 239 Å².